The van der Waals surface area contributed by atoms with Crippen LogP contribution in [0.3, 0.4) is 0 Å². The van der Waals surface area contributed by atoms with E-state index in [1.54, 1.807) is 12.1 Å². The molecular weight excluding hydrogens is 377 g/mol. The van der Waals surface area contributed by atoms with E-state index in [2.05, 4.69) is 19.9 Å². The van der Waals surface area contributed by atoms with Crippen LogP contribution in [0.2, 0.25) is 0 Å². The summed E-state index contributed by atoms with van der Waals surface area (Å²) < 4.78 is 13.6. The zero-order valence-corrected chi connectivity index (χ0v) is 17.4. The molecule has 0 radical (unpaired) electrons. The summed E-state index contributed by atoms with van der Waals surface area (Å²) in [6, 6.07) is 16.1. The molecule has 2 aromatic carbocycles. The van der Waals surface area contributed by atoms with Crippen molar-refractivity contribution >= 4 is 11.5 Å². The number of aryl methyl sites for hydroxylation is 1. The van der Waals surface area contributed by atoms with Gasteiger partial charge in [-0.05, 0) is 54.2 Å². The van der Waals surface area contributed by atoms with Gasteiger partial charge in [0.25, 0.3) is 0 Å². The molecule has 2 N–H and O–H groups in total. The fourth-order valence-corrected chi connectivity index (χ4v) is 4.56. The largest absolute Gasteiger partial charge is 0.384 e. The van der Waals surface area contributed by atoms with E-state index >= 15 is 0 Å². The van der Waals surface area contributed by atoms with E-state index in [1.165, 1.54) is 12.1 Å². The van der Waals surface area contributed by atoms with Crippen molar-refractivity contribution in [3.8, 4) is 6.07 Å². The minimum Gasteiger partial charge on any atom is -0.384 e. The number of nitriles is 1. The maximum Gasteiger partial charge on any atom is 0.162 e. The maximum absolute atomic E-state index is 13.6. The lowest BCUT2D eigenvalue weighted by atomic mass is 9.68. The summed E-state index contributed by atoms with van der Waals surface area (Å²) in [5.74, 6) is -0.623. The van der Waals surface area contributed by atoms with Crippen LogP contribution < -0.4 is 10.6 Å². The van der Waals surface area contributed by atoms with Gasteiger partial charge >= 0.3 is 0 Å². The van der Waals surface area contributed by atoms with Crippen LogP contribution in [0.5, 0.6) is 0 Å². The molecule has 0 bridgehead atoms. The lowest BCUT2D eigenvalue weighted by Gasteiger charge is -2.43. The van der Waals surface area contributed by atoms with Gasteiger partial charge in [-0.25, -0.2) is 4.39 Å². The Bertz CT molecular complexity index is 1140. The van der Waals surface area contributed by atoms with E-state index in [-0.39, 0.29) is 17.0 Å². The third-order valence-corrected chi connectivity index (χ3v) is 5.84. The van der Waals surface area contributed by atoms with Crippen molar-refractivity contribution in [1.29, 1.82) is 5.26 Å². The van der Waals surface area contributed by atoms with Crippen molar-refractivity contribution in [2.45, 2.75) is 39.5 Å². The van der Waals surface area contributed by atoms with E-state index in [1.807, 2.05) is 36.1 Å². The molecule has 5 heteroatoms. The van der Waals surface area contributed by atoms with E-state index < -0.39 is 5.92 Å². The molecule has 0 saturated heterocycles. The molecular formula is C25H24FN3O. The normalized spacial score (nSPS) is 20.8. The van der Waals surface area contributed by atoms with E-state index in [0.717, 1.165) is 16.9 Å². The number of Topliss-reactive ketones (excluding diaryl/α,β-unsaturated/α-hetero) is 1. The zero-order valence-electron chi connectivity index (χ0n) is 17.4. The summed E-state index contributed by atoms with van der Waals surface area (Å²) in [4.78, 5) is 15.2. The Morgan fingerprint density at radius 2 is 1.87 bits per heavy atom. The Morgan fingerprint density at radius 3 is 2.50 bits per heavy atom. The summed E-state index contributed by atoms with van der Waals surface area (Å²) in [5, 5.41) is 10.0. The molecule has 1 aliphatic carbocycles. The van der Waals surface area contributed by atoms with Crippen molar-refractivity contribution in [3.05, 3.63) is 88.1 Å². The second-order valence-corrected chi connectivity index (χ2v) is 8.87. The number of rotatable bonds is 2. The van der Waals surface area contributed by atoms with Gasteiger partial charge in [-0.15, -0.1) is 0 Å². The smallest absolute Gasteiger partial charge is 0.162 e. The Balaban J connectivity index is 2.00. The zero-order chi connectivity index (χ0) is 21.6. The van der Waals surface area contributed by atoms with Crippen LogP contribution in [-0.2, 0) is 4.79 Å². The van der Waals surface area contributed by atoms with Gasteiger partial charge in [0.2, 0.25) is 0 Å². The summed E-state index contributed by atoms with van der Waals surface area (Å²) in [6.45, 7) is 6.12. The number of benzene rings is 2. The third-order valence-electron chi connectivity index (χ3n) is 5.84. The van der Waals surface area contributed by atoms with Gasteiger partial charge in [0.1, 0.15) is 11.6 Å². The molecule has 1 aliphatic heterocycles. The van der Waals surface area contributed by atoms with Crippen molar-refractivity contribution in [3.63, 3.8) is 0 Å². The number of halogens is 1. The molecule has 2 aliphatic rings. The predicted molar refractivity (Wildman–Crippen MR) is 115 cm³/mol. The first-order valence-corrected chi connectivity index (χ1v) is 10.00. The quantitative estimate of drug-likeness (QED) is 0.762. The van der Waals surface area contributed by atoms with Crippen molar-refractivity contribution in [1.82, 2.24) is 0 Å². The van der Waals surface area contributed by atoms with Crippen LogP contribution in [0.1, 0.15) is 43.7 Å². The van der Waals surface area contributed by atoms with Crippen molar-refractivity contribution in [2.24, 2.45) is 11.1 Å². The molecule has 0 fully saturated rings. The minimum atomic E-state index is -0.588. The highest BCUT2D eigenvalue weighted by Gasteiger charge is 2.44. The predicted octanol–water partition coefficient (Wildman–Crippen LogP) is 5.08. The molecule has 0 saturated carbocycles. The van der Waals surface area contributed by atoms with E-state index in [4.69, 9.17) is 5.73 Å². The van der Waals surface area contributed by atoms with Crippen LogP contribution in [0.25, 0.3) is 0 Å². The second kappa shape index (κ2) is 7.14. The Hall–Kier alpha value is -3.39. The molecule has 152 valence electrons. The molecule has 1 atom stereocenters. The van der Waals surface area contributed by atoms with Gasteiger partial charge in [0, 0.05) is 23.4 Å². The molecule has 2 aromatic rings. The SMILES string of the molecule is Cc1cccc(N2C(N)=C(C#N)[C@H](c3ccc(F)cc3)C3=C2CC(C)(C)CC3=O)c1. The minimum absolute atomic E-state index is 0.00785. The Morgan fingerprint density at radius 1 is 1.17 bits per heavy atom. The number of ketones is 1. The number of hydrogen-bond donors (Lipinski definition) is 1. The summed E-state index contributed by atoms with van der Waals surface area (Å²) in [6.07, 6.45) is 1.04. The van der Waals surface area contributed by atoms with Gasteiger partial charge in [0.15, 0.2) is 5.78 Å². The third kappa shape index (κ3) is 3.29. The molecule has 30 heavy (non-hydrogen) atoms. The lowest BCUT2D eigenvalue weighted by Crippen LogP contribution is -2.42. The average molecular weight is 401 g/mol. The first kappa shape index (κ1) is 19.9. The van der Waals surface area contributed by atoms with Crippen molar-refractivity contribution in [2.75, 3.05) is 4.90 Å². The number of nitrogens with zero attached hydrogens (tertiary/aromatic N) is 2. The van der Waals surface area contributed by atoms with Gasteiger partial charge in [-0.2, -0.15) is 5.26 Å². The van der Waals surface area contributed by atoms with Crippen LogP contribution >= 0.6 is 0 Å². The Labute approximate surface area is 176 Å². The number of carbonyl (C=O) groups is 1. The van der Waals surface area contributed by atoms with Gasteiger partial charge in [-0.3, -0.25) is 9.69 Å². The number of nitrogens with two attached hydrogens (primary N) is 1. The molecule has 4 nitrogen and oxygen atoms in total. The van der Waals surface area contributed by atoms with E-state index in [9.17, 15) is 14.4 Å². The van der Waals surface area contributed by atoms with Crippen LogP contribution in [0, 0.1) is 29.5 Å². The van der Waals surface area contributed by atoms with Crippen molar-refractivity contribution < 1.29 is 9.18 Å². The summed E-state index contributed by atoms with van der Waals surface area (Å²) in [7, 11) is 0. The van der Waals surface area contributed by atoms with Crippen LogP contribution in [0.15, 0.2) is 71.2 Å². The molecule has 4 rings (SSSR count). The van der Waals surface area contributed by atoms with Gasteiger partial charge in [0.05, 0.1) is 17.6 Å². The molecule has 1 heterocycles. The molecule has 0 amide bonds. The highest BCUT2D eigenvalue weighted by molar-refractivity contribution is 6.01. The molecule has 0 spiro atoms. The molecule has 0 aromatic heterocycles. The highest BCUT2D eigenvalue weighted by Crippen LogP contribution is 2.50. The van der Waals surface area contributed by atoms with Crippen LogP contribution in [-0.4, -0.2) is 5.78 Å². The Kier molecular flexibility index (Phi) is 4.74. The first-order chi connectivity index (χ1) is 14.2. The van der Waals surface area contributed by atoms with Gasteiger partial charge < -0.3 is 5.73 Å². The number of carbonyl (C=O) groups excluding carboxylic acids is 1. The monoisotopic (exact) mass is 401 g/mol. The number of allylic oxidation sites excluding steroid dienone is 3. The topological polar surface area (TPSA) is 70.1 Å². The summed E-state index contributed by atoms with van der Waals surface area (Å²) >= 11 is 0. The summed E-state index contributed by atoms with van der Waals surface area (Å²) in [5.41, 5.74) is 10.7. The average Bonchev–Trinajstić information content (AvgIpc) is 2.67. The highest BCUT2D eigenvalue weighted by atomic mass is 19.1. The lowest BCUT2D eigenvalue weighted by molar-refractivity contribution is -0.118. The van der Waals surface area contributed by atoms with Crippen LogP contribution in [0.4, 0.5) is 10.1 Å². The number of hydrogen-bond acceptors (Lipinski definition) is 4. The maximum atomic E-state index is 13.6. The second-order valence-electron chi connectivity index (χ2n) is 8.87. The standard InChI is InChI=1S/C25H24FN3O/c1-15-5-4-6-18(11-15)29-20-12-25(2,3)13-21(30)23(20)22(19(14-27)24(29)28)16-7-9-17(26)10-8-16/h4-11,22H,12-13,28H2,1-3H3/t22-/m0/s1. The fourth-order valence-electron chi connectivity index (χ4n) is 4.56. The fraction of sp³-hybridized carbons (Fsp3) is 0.280. The van der Waals surface area contributed by atoms with E-state index in [0.29, 0.717) is 35.4 Å². The number of anilines is 1. The first-order valence-electron chi connectivity index (χ1n) is 10.00. The van der Waals surface area contributed by atoms with Gasteiger partial charge in [-0.1, -0.05) is 38.1 Å². The molecule has 0 unspecified atom stereocenters.